The van der Waals surface area contributed by atoms with Crippen LogP contribution in [-0.4, -0.2) is 11.0 Å². The van der Waals surface area contributed by atoms with E-state index >= 15 is 0 Å². The van der Waals surface area contributed by atoms with Gasteiger partial charge in [-0.25, -0.2) is 22.9 Å². The van der Waals surface area contributed by atoms with Crippen molar-refractivity contribution in [1.82, 2.24) is 4.98 Å². The highest BCUT2D eigenvalue weighted by Gasteiger charge is 2.15. The number of amides is 2. The third-order valence-corrected chi connectivity index (χ3v) is 2.44. The maximum atomic E-state index is 13.3. The molecular formula is C13H10F3N3O. The van der Waals surface area contributed by atoms with Gasteiger partial charge in [0.1, 0.15) is 5.82 Å². The Morgan fingerprint density at radius 1 is 1.05 bits per heavy atom. The summed E-state index contributed by atoms with van der Waals surface area (Å²) in [5.74, 6) is -4.18. The fourth-order valence-corrected chi connectivity index (χ4v) is 1.43. The number of carbonyl (C=O) groups is 1. The first kappa shape index (κ1) is 13.9. The Bertz CT molecular complexity index is 644. The quantitative estimate of drug-likeness (QED) is 0.828. The predicted molar refractivity (Wildman–Crippen MR) is 67.9 cm³/mol. The number of hydrogen-bond donors (Lipinski definition) is 2. The van der Waals surface area contributed by atoms with E-state index in [1.165, 1.54) is 6.20 Å². The number of halogens is 3. The summed E-state index contributed by atoms with van der Waals surface area (Å²) in [5.41, 5.74) is 0.441. The molecule has 0 aliphatic carbocycles. The van der Waals surface area contributed by atoms with E-state index in [9.17, 15) is 18.0 Å². The van der Waals surface area contributed by atoms with Gasteiger partial charge in [-0.05, 0) is 30.7 Å². The number of urea groups is 1. The number of nitrogens with zero attached hydrogens (tertiary/aromatic N) is 1. The molecule has 104 valence electrons. The van der Waals surface area contributed by atoms with Crippen LogP contribution in [0.2, 0.25) is 0 Å². The minimum atomic E-state index is -1.64. The van der Waals surface area contributed by atoms with E-state index in [0.29, 0.717) is 0 Å². The predicted octanol–water partition coefficient (Wildman–Crippen LogP) is 3.45. The number of aromatic nitrogens is 1. The summed E-state index contributed by atoms with van der Waals surface area (Å²) >= 11 is 0. The fraction of sp³-hybridized carbons (Fsp3) is 0.0769. The average Bonchev–Trinajstić information content (AvgIpc) is 2.42. The molecule has 1 aromatic carbocycles. The summed E-state index contributed by atoms with van der Waals surface area (Å²) in [6.07, 6.45) is 1.54. The molecule has 7 heteroatoms. The van der Waals surface area contributed by atoms with E-state index in [2.05, 4.69) is 15.6 Å². The summed E-state index contributed by atoms with van der Waals surface area (Å²) in [5, 5.41) is 4.40. The lowest BCUT2D eigenvalue weighted by atomic mass is 10.3. The fourth-order valence-electron chi connectivity index (χ4n) is 1.43. The number of carbonyl (C=O) groups excluding carboxylic acids is 1. The third-order valence-electron chi connectivity index (χ3n) is 2.44. The van der Waals surface area contributed by atoms with Crippen molar-refractivity contribution in [2.24, 2.45) is 0 Å². The van der Waals surface area contributed by atoms with Gasteiger partial charge < -0.3 is 5.32 Å². The first-order chi connectivity index (χ1) is 9.47. The van der Waals surface area contributed by atoms with Gasteiger partial charge in [0.05, 0.1) is 5.69 Å². The van der Waals surface area contributed by atoms with Crippen molar-refractivity contribution in [3.63, 3.8) is 0 Å². The van der Waals surface area contributed by atoms with E-state index in [-0.39, 0.29) is 5.82 Å². The molecular weight excluding hydrogens is 271 g/mol. The van der Waals surface area contributed by atoms with Crippen LogP contribution in [0.15, 0.2) is 30.5 Å². The molecule has 0 radical (unpaired) electrons. The monoisotopic (exact) mass is 281 g/mol. The SMILES string of the molecule is Cc1ccc(NC(=O)Nc2ccc(F)c(F)c2F)nc1. The van der Waals surface area contributed by atoms with E-state index in [0.717, 1.165) is 17.7 Å². The minimum absolute atomic E-state index is 0.246. The molecule has 4 nitrogen and oxygen atoms in total. The number of aryl methyl sites for hydroxylation is 1. The number of benzene rings is 1. The van der Waals surface area contributed by atoms with Crippen molar-refractivity contribution >= 4 is 17.5 Å². The van der Waals surface area contributed by atoms with Gasteiger partial charge in [0.25, 0.3) is 0 Å². The van der Waals surface area contributed by atoms with Gasteiger partial charge in [-0.1, -0.05) is 6.07 Å². The minimum Gasteiger partial charge on any atom is -0.305 e. The van der Waals surface area contributed by atoms with Crippen molar-refractivity contribution in [1.29, 1.82) is 0 Å². The molecule has 0 saturated carbocycles. The first-order valence-corrected chi connectivity index (χ1v) is 5.61. The van der Waals surface area contributed by atoms with Crippen LogP contribution in [-0.2, 0) is 0 Å². The van der Waals surface area contributed by atoms with Crippen LogP contribution in [0.25, 0.3) is 0 Å². The molecule has 0 unspecified atom stereocenters. The van der Waals surface area contributed by atoms with Crippen molar-refractivity contribution in [3.05, 3.63) is 53.5 Å². The van der Waals surface area contributed by atoms with Crippen LogP contribution in [0.3, 0.4) is 0 Å². The second-order valence-corrected chi connectivity index (χ2v) is 4.02. The highest BCUT2D eigenvalue weighted by atomic mass is 19.2. The third kappa shape index (κ3) is 3.05. The Balaban J connectivity index is 2.08. The second kappa shape index (κ2) is 5.60. The Morgan fingerprint density at radius 2 is 1.80 bits per heavy atom. The van der Waals surface area contributed by atoms with Gasteiger partial charge >= 0.3 is 6.03 Å². The molecule has 0 spiro atoms. The molecule has 0 aliphatic rings. The van der Waals surface area contributed by atoms with Gasteiger partial charge in [0, 0.05) is 6.20 Å². The van der Waals surface area contributed by atoms with Crippen LogP contribution in [0.1, 0.15) is 5.56 Å². The van der Waals surface area contributed by atoms with Crippen LogP contribution in [0.4, 0.5) is 29.5 Å². The molecule has 2 N–H and O–H groups in total. The zero-order valence-corrected chi connectivity index (χ0v) is 10.4. The van der Waals surface area contributed by atoms with Gasteiger partial charge in [-0.3, -0.25) is 5.32 Å². The van der Waals surface area contributed by atoms with Gasteiger partial charge in [-0.2, -0.15) is 0 Å². The normalized spacial score (nSPS) is 10.2. The molecule has 0 aliphatic heterocycles. The first-order valence-electron chi connectivity index (χ1n) is 5.61. The van der Waals surface area contributed by atoms with Crippen molar-refractivity contribution < 1.29 is 18.0 Å². The summed E-state index contributed by atoms with van der Waals surface area (Å²) in [6, 6.07) is 4.11. The van der Waals surface area contributed by atoms with Crippen molar-refractivity contribution in [2.45, 2.75) is 6.92 Å². The zero-order chi connectivity index (χ0) is 14.7. The van der Waals surface area contributed by atoms with E-state index in [1.807, 2.05) is 6.92 Å². The summed E-state index contributed by atoms with van der Waals surface area (Å²) in [7, 11) is 0. The smallest absolute Gasteiger partial charge is 0.305 e. The number of hydrogen-bond acceptors (Lipinski definition) is 2. The molecule has 20 heavy (non-hydrogen) atoms. The molecule has 0 atom stereocenters. The Labute approximate surface area is 112 Å². The van der Waals surface area contributed by atoms with Crippen molar-refractivity contribution in [3.8, 4) is 0 Å². The lowest BCUT2D eigenvalue weighted by Crippen LogP contribution is -2.21. The molecule has 1 aromatic heterocycles. The molecule has 0 fully saturated rings. The molecule has 0 bridgehead atoms. The topological polar surface area (TPSA) is 54.0 Å². The maximum Gasteiger partial charge on any atom is 0.324 e. The number of anilines is 2. The second-order valence-electron chi connectivity index (χ2n) is 4.02. The molecule has 2 rings (SSSR count). The molecule has 1 heterocycles. The average molecular weight is 281 g/mol. The van der Waals surface area contributed by atoms with E-state index < -0.39 is 29.2 Å². The largest absolute Gasteiger partial charge is 0.324 e. The summed E-state index contributed by atoms with van der Waals surface area (Å²) < 4.78 is 39.0. The maximum absolute atomic E-state index is 13.3. The molecule has 2 aromatic rings. The van der Waals surface area contributed by atoms with Gasteiger partial charge in [-0.15, -0.1) is 0 Å². The van der Waals surface area contributed by atoms with E-state index in [1.54, 1.807) is 12.1 Å². The highest BCUT2D eigenvalue weighted by molar-refractivity contribution is 5.99. The standard InChI is InChI=1S/C13H10F3N3O/c1-7-2-5-10(17-6-7)19-13(20)18-9-4-3-8(14)11(15)12(9)16/h2-6H,1H3,(H2,17,18,19,20). The number of nitrogens with one attached hydrogen (secondary N) is 2. The van der Waals surface area contributed by atoms with Crippen molar-refractivity contribution in [2.75, 3.05) is 10.6 Å². The Morgan fingerprint density at radius 3 is 2.45 bits per heavy atom. The molecule has 2 amide bonds. The van der Waals surface area contributed by atoms with Gasteiger partial charge in [0.15, 0.2) is 17.5 Å². The Kier molecular flexibility index (Phi) is 3.88. The highest BCUT2D eigenvalue weighted by Crippen LogP contribution is 2.19. The lowest BCUT2D eigenvalue weighted by Gasteiger charge is -2.08. The van der Waals surface area contributed by atoms with Crippen LogP contribution < -0.4 is 10.6 Å². The summed E-state index contributed by atoms with van der Waals surface area (Å²) in [4.78, 5) is 15.5. The summed E-state index contributed by atoms with van der Waals surface area (Å²) in [6.45, 7) is 1.83. The lowest BCUT2D eigenvalue weighted by molar-refractivity contribution is 0.262. The van der Waals surface area contributed by atoms with E-state index in [4.69, 9.17) is 0 Å². The van der Waals surface area contributed by atoms with Crippen LogP contribution >= 0.6 is 0 Å². The molecule has 0 saturated heterocycles. The number of rotatable bonds is 2. The van der Waals surface area contributed by atoms with Gasteiger partial charge in [0.2, 0.25) is 0 Å². The van der Waals surface area contributed by atoms with Crippen LogP contribution in [0, 0.1) is 24.4 Å². The zero-order valence-electron chi connectivity index (χ0n) is 10.4. The number of pyridine rings is 1. The van der Waals surface area contributed by atoms with Crippen LogP contribution in [0.5, 0.6) is 0 Å². The Hall–Kier alpha value is -2.57.